The van der Waals surface area contributed by atoms with Gasteiger partial charge in [-0.25, -0.2) is 0 Å². The summed E-state index contributed by atoms with van der Waals surface area (Å²) < 4.78 is 11.0. The van der Waals surface area contributed by atoms with Gasteiger partial charge in [0, 0.05) is 16.6 Å². The average molecular weight is 323 g/mol. The minimum absolute atomic E-state index is 0.884. The zero-order chi connectivity index (χ0) is 17.3. The molecular weight excluding hydrogens is 298 g/mol. The number of H-pyrrole nitrogens is 1. The molecule has 0 amide bonds. The van der Waals surface area contributed by atoms with Gasteiger partial charge in [-0.2, -0.15) is 0 Å². The van der Waals surface area contributed by atoms with Gasteiger partial charge in [0.1, 0.15) is 11.5 Å². The molecule has 1 heterocycles. The zero-order valence-electron chi connectivity index (χ0n) is 15.1. The molecule has 0 fully saturated rings. The highest BCUT2D eigenvalue weighted by Gasteiger charge is 2.15. The molecule has 0 aliphatic rings. The molecule has 0 bridgehead atoms. The largest absolute Gasteiger partial charge is 0.497 e. The van der Waals surface area contributed by atoms with Gasteiger partial charge in [-0.1, -0.05) is 13.8 Å². The van der Waals surface area contributed by atoms with Crippen molar-refractivity contribution in [3.8, 4) is 22.8 Å². The summed E-state index contributed by atoms with van der Waals surface area (Å²) in [6.07, 6.45) is 1.91. The third-order valence-corrected chi connectivity index (χ3v) is 4.76. The van der Waals surface area contributed by atoms with Gasteiger partial charge in [-0.3, -0.25) is 0 Å². The van der Waals surface area contributed by atoms with Crippen LogP contribution in [0.15, 0.2) is 30.3 Å². The summed E-state index contributed by atoms with van der Waals surface area (Å²) >= 11 is 0. The third kappa shape index (κ3) is 2.64. The Morgan fingerprint density at radius 2 is 1.58 bits per heavy atom. The summed E-state index contributed by atoms with van der Waals surface area (Å²) in [6.45, 7) is 6.50. The Morgan fingerprint density at radius 1 is 0.917 bits per heavy atom. The van der Waals surface area contributed by atoms with Gasteiger partial charge in [-0.05, 0) is 72.4 Å². The van der Waals surface area contributed by atoms with Crippen LogP contribution in [-0.2, 0) is 12.8 Å². The predicted octanol–water partition coefficient (Wildman–Crippen LogP) is 5.29. The smallest absolute Gasteiger partial charge is 0.125 e. The van der Waals surface area contributed by atoms with Crippen LogP contribution in [-0.4, -0.2) is 19.2 Å². The minimum Gasteiger partial charge on any atom is -0.497 e. The van der Waals surface area contributed by atoms with Crippen LogP contribution in [0.3, 0.4) is 0 Å². The van der Waals surface area contributed by atoms with E-state index in [1.54, 1.807) is 14.2 Å². The van der Waals surface area contributed by atoms with E-state index in [4.69, 9.17) is 9.47 Å². The SMILES string of the molecule is CCc1cc(-c2[nH]c3ccc(OC)cc3c2C)cc(CC)c1OC. The van der Waals surface area contributed by atoms with Crippen molar-refractivity contribution in [3.63, 3.8) is 0 Å². The number of aromatic nitrogens is 1. The molecule has 0 saturated heterocycles. The second kappa shape index (κ2) is 6.60. The molecule has 0 aliphatic carbocycles. The van der Waals surface area contributed by atoms with Crippen molar-refractivity contribution in [2.24, 2.45) is 0 Å². The molecule has 1 N–H and O–H groups in total. The summed E-state index contributed by atoms with van der Waals surface area (Å²) in [6, 6.07) is 10.6. The first-order chi connectivity index (χ1) is 11.6. The maximum absolute atomic E-state index is 5.64. The van der Waals surface area contributed by atoms with E-state index in [2.05, 4.69) is 50.0 Å². The number of hydrogen-bond acceptors (Lipinski definition) is 2. The van der Waals surface area contributed by atoms with Gasteiger partial charge >= 0.3 is 0 Å². The minimum atomic E-state index is 0.884. The highest BCUT2D eigenvalue weighted by Crippen LogP contribution is 2.36. The summed E-state index contributed by atoms with van der Waals surface area (Å²) in [4.78, 5) is 3.58. The molecule has 3 aromatic rings. The molecule has 0 radical (unpaired) electrons. The van der Waals surface area contributed by atoms with E-state index >= 15 is 0 Å². The number of aryl methyl sites for hydroxylation is 3. The molecule has 0 unspecified atom stereocenters. The van der Waals surface area contributed by atoms with Crippen molar-refractivity contribution in [1.29, 1.82) is 0 Å². The Kier molecular flexibility index (Phi) is 4.52. The van der Waals surface area contributed by atoms with Crippen molar-refractivity contribution in [3.05, 3.63) is 47.0 Å². The molecule has 126 valence electrons. The van der Waals surface area contributed by atoms with Crippen molar-refractivity contribution in [1.82, 2.24) is 4.98 Å². The second-order valence-corrected chi connectivity index (χ2v) is 6.07. The van der Waals surface area contributed by atoms with Gasteiger partial charge < -0.3 is 14.5 Å². The molecule has 0 atom stereocenters. The normalized spacial score (nSPS) is 11.0. The van der Waals surface area contributed by atoms with Gasteiger partial charge in [-0.15, -0.1) is 0 Å². The van der Waals surface area contributed by atoms with Crippen molar-refractivity contribution in [2.45, 2.75) is 33.6 Å². The quantitative estimate of drug-likeness (QED) is 0.692. The molecule has 1 aromatic heterocycles. The molecular formula is C21H25NO2. The summed E-state index contributed by atoms with van der Waals surface area (Å²) in [5.41, 5.74) is 7.28. The van der Waals surface area contributed by atoms with Crippen LogP contribution in [0.4, 0.5) is 0 Å². The standard InChI is InChI=1S/C21H25NO2/c1-6-14-10-16(11-15(7-2)21(14)24-5)20-13(3)18-12-17(23-4)8-9-19(18)22-20/h8-12,22H,6-7H2,1-5H3. The van der Waals surface area contributed by atoms with Crippen LogP contribution in [0.1, 0.15) is 30.5 Å². The number of rotatable bonds is 5. The third-order valence-electron chi connectivity index (χ3n) is 4.76. The van der Waals surface area contributed by atoms with Crippen molar-refractivity contribution < 1.29 is 9.47 Å². The molecule has 0 aliphatic heterocycles. The van der Waals surface area contributed by atoms with E-state index in [9.17, 15) is 0 Å². The number of fused-ring (bicyclic) bond motifs is 1. The van der Waals surface area contributed by atoms with Crippen LogP contribution >= 0.6 is 0 Å². The fourth-order valence-corrected chi connectivity index (χ4v) is 3.41. The lowest BCUT2D eigenvalue weighted by atomic mass is 9.97. The van der Waals surface area contributed by atoms with Gasteiger partial charge in [0.15, 0.2) is 0 Å². The van der Waals surface area contributed by atoms with Crippen LogP contribution in [0, 0.1) is 6.92 Å². The summed E-state index contributed by atoms with van der Waals surface area (Å²) in [5.74, 6) is 1.91. The topological polar surface area (TPSA) is 34.2 Å². The van der Waals surface area contributed by atoms with Crippen molar-refractivity contribution >= 4 is 10.9 Å². The highest BCUT2D eigenvalue weighted by atomic mass is 16.5. The molecule has 2 aromatic carbocycles. The van der Waals surface area contributed by atoms with Crippen LogP contribution in [0.25, 0.3) is 22.2 Å². The van der Waals surface area contributed by atoms with Gasteiger partial charge in [0.2, 0.25) is 0 Å². The van der Waals surface area contributed by atoms with Crippen LogP contribution < -0.4 is 9.47 Å². The van der Waals surface area contributed by atoms with Crippen molar-refractivity contribution in [2.75, 3.05) is 14.2 Å². The Hall–Kier alpha value is -2.42. The van der Waals surface area contributed by atoms with E-state index in [0.717, 1.165) is 29.9 Å². The molecule has 3 rings (SSSR count). The average Bonchev–Trinajstić information content (AvgIpc) is 2.96. The number of benzene rings is 2. The van der Waals surface area contributed by atoms with E-state index < -0.39 is 0 Å². The predicted molar refractivity (Wildman–Crippen MR) is 100 cm³/mol. The number of aromatic amines is 1. The van der Waals surface area contributed by atoms with E-state index in [-0.39, 0.29) is 0 Å². The van der Waals surface area contributed by atoms with E-state index in [1.165, 1.54) is 33.3 Å². The van der Waals surface area contributed by atoms with Gasteiger partial charge in [0.05, 0.1) is 14.2 Å². The first-order valence-corrected chi connectivity index (χ1v) is 8.49. The molecule has 3 heteroatoms. The van der Waals surface area contributed by atoms with Crippen LogP contribution in [0.2, 0.25) is 0 Å². The Balaban J connectivity index is 2.21. The molecule has 0 spiro atoms. The Labute approximate surface area is 143 Å². The maximum Gasteiger partial charge on any atom is 0.125 e. The van der Waals surface area contributed by atoms with E-state index in [1.807, 2.05) is 6.07 Å². The van der Waals surface area contributed by atoms with Gasteiger partial charge in [0.25, 0.3) is 0 Å². The summed E-state index contributed by atoms with van der Waals surface area (Å²) in [7, 11) is 3.46. The highest BCUT2D eigenvalue weighted by molar-refractivity contribution is 5.91. The number of hydrogen-bond donors (Lipinski definition) is 1. The zero-order valence-corrected chi connectivity index (χ0v) is 15.1. The first kappa shape index (κ1) is 16.4. The molecule has 0 saturated carbocycles. The lowest BCUT2D eigenvalue weighted by Crippen LogP contribution is -1.97. The van der Waals surface area contributed by atoms with E-state index in [0.29, 0.717) is 0 Å². The molecule has 3 nitrogen and oxygen atoms in total. The Bertz CT molecular complexity index is 852. The molecule has 24 heavy (non-hydrogen) atoms. The monoisotopic (exact) mass is 323 g/mol. The Morgan fingerprint density at radius 3 is 2.12 bits per heavy atom. The maximum atomic E-state index is 5.64. The lowest BCUT2D eigenvalue weighted by molar-refractivity contribution is 0.405. The fourth-order valence-electron chi connectivity index (χ4n) is 3.41. The lowest BCUT2D eigenvalue weighted by Gasteiger charge is -2.14. The van der Waals surface area contributed by atoms with Crippen LogP contribution in [0.5, 0.6) is 11.5 Å². The number of ether oxygens (including phenoxy) is 2. The second-order valence-electron chi connectivity index (χ2n) is 6.07. The summed E-state index contributed by atoms with van der Waals surface area (Å²) in [5, 5.41) is 1.20. The number of nitrogens with one attached hydrogen (secondary N) is 1. The number of methoxy groups -OCH3 is 2. The fraction of sp³-hybridized carbons (Fsp3) is 0.333. The first-order valence-electron chi connectivity index (χ1n) is 8.49.